The van der Waals surface area contributed by atoms with E-state index in [0.29, 0.717) is 11.0 Å². The van der Waals surface area contributed by atoms with Crippen molar-refractivity contribution in [3.05, 3.63) is 34.3 Å². The minimum absolute atomic E-state index is 0.107. The first-order valence-electron chi connectivity index (χ1n) is 8.32. The molecule has 0 spiro atoms. The average Bonchev–Trinajstić information content (AvgIpc) is 2.90. The van der Waals surface area contributed by atoms with Crippen LogP contribution in [0.1, 0.15) is 42.8 Å². The fourth-order valence-electron chi connectivity index (χ4n) is 2.42. The molecule has 2 amide bonds. The molecule has 0 unspecified atom stereocenters. The van der Waals surface area contributed by atoms with Crippen LogP contribution in [0.5, 0.6) is 0 Å². The Morgan fingerprint density at radius 1 is 1.00 bits per heavy atom. The van der Waals surface area contributed by atoms with Crippen LogP contribution in [0.2, 0.25) is 0 Å². The number of rotatable bonds is 7. The summed E-state index contributed by atoms with van der Waals surface area (Å²) in [5.41, 5.74) is 2.92. The van der Waals surface area contributed by atoms with Gasteiger partial charge in [0, 0.05) is 24.9 Å². The Morgan fingerprint density at radius 2 is 1.60 bits per heavy atom. The Hall–Kier alpha value is -2.28. The number of nitrogens with zero attached hydrogens (tertiary/aromatic N) is 2. The number of carbonyl (C=O) groups excluding carboxylic acids is 2. The number of aromatic nitrogens is 2. The highest BCUT2D eigenvalue weighted by molar-refractivity contribution is 7.15. The van der Waals surface area contributed by atoms with Crippen LogP contribution in [0.25, 0.3) is 0 Å². The first kappa shape index (κ1) is 19.1. The van der Waals surface area contributed by atoms with Crippen LogP contribution < -0.4 is 10.6 Å². The first-order valence-corrected chi connectivity index (χ1v) is 9.14. The van der Waals surface area contributed by atoms with Gasteiger partial charge >= 0.3 is 0 Å². The number of aryl methyl sites for hydroxylation is 2. The Balaban J connectivity index is 1.79. The molecule has 0 atom stereocenters. The molecule has 1 heterocycles. The van der Waals surface area contributed by atoms with Crippen molar-refractivity contribution in [3.8, 4) is 0 Å². The maximum atomic E-state index is 12.0. The lowest BCUT2D eigenvalue weighted by Crippen LogP contribution is -2.17. The van der Waals surface area contributed by atoms with Gasteiger partial charge in [0.25, 0.3) is 0 Å². The lowest BCUT2D eigenvalue weighted by Gasteiger charge is -2.07. The summed E-state index contributed by atoms with van der Waals surface area (Å²) in [7, 11) is 0. The van der Waals surface area contributed by atoms with E-state index < -0.39 is 0 Å². The van der Waals surface area contributed by atoms with E-state index in [-0.39, 0.29) is 24.7 Å². The lowest BCUT2D eigenvalue weighted by atomic mass is 10.1. The third-order valence-corrected chi connectivity index (χ3v) is 4.24. The van der Waals surface area contributed by atoms with E-state index in [9.17, 15) is 9.59 Å². The smallest absolute Gasteiger partial charge is 0.226 e. The van der Waals surface area contributed by atoms with Gasteiger partial charge in [-0.05, 0) is 43.0 Å². The average molecular weight is 360 g/mol. The fourth-order valence-corrected chi connectivity index (χ4v) is 3.38. The van der Waals surface area contributed by atoms with Crippen LogP contribution >= 0.6 is 11.3 Å². The van der Waals surface area contributed by atoms with Gasteiger partial charge in [-0.2, -0.15) is 0 Å². The van der Waals surface area contributed by atoms with E-state index in [4.69, 9.17) is 0 Å². The molecule has 0 radical (unpaired) electrons. The summed E-state index contributed by atoms with van der Waals surface area (Å²) in [6, 6.07) is 5.85. The molecule has 0 aliphatic rings. The van der Waals surface area contributed by atoms with Gasteiger partial charge in [0.2, 0.25) is 16.9 Å². The molecule has 134 valence electrons. The number of carbonyl (C=O) groups is 2. The highest BCUT2D eigenvalue weighted by Crippen LogP contribution is 2.18. The van der Waals surface area contributed by atoms with E-state index in [1.54, 1.807) is 0 Å². The monoisotopic (exact) mass is 360 g/mol. The highest BCUT2D eigenvalue weighted by Gasteiger charge is 2.11. The minimum atomic E-state index is -0.234. The number of anilines is 2. The molecule has 1 aromatic heterocycles. The Kier molecular flexibility index (Phi) is 6.64. The van der Waals surface area contributed by atoms with Crippen molar-refractivity contribution < 1.29 is 9.59 Å². The Morgan fingerprint density at radius 3 is 2.20 bits per heavy atom. The quantitative estimate of drug-likeness (QED) is 0.788. The number of amides is 2. The molecule has 2 aromatic rings. The topological polar surface area (TPSA) is 84.0 Å². The normalized spacial score (nSPS) is 10.8. The summed E-state index contributed by atoms with van der Waals surface area (Å²) in [6.07, 6.45) is 1.07. The summed E-state index contributed by atoms with van der Waals surface area (Å²) < 4.78 is 0. The summed E-state index contributed by atoms with van der Waals surface area (Å²) in [6.45, 7) is 8.17. The van der Waals surface area contributed by atoms with E-state index in [2.05, 4.69) is 34.7 Å². The van der Waals surface area contributed by atoms with Crippen molar-refractivity contribution in [1.29, 1.82) is 0 Å². The molecule has 0 aliphatic heterocycles. The summed E-state index contributed by atoms with van der Waals surface area (Å²) in [5, 5.41) is 14.9. The third-order valence-electron chi connectivity index (χ3n) is 3.38. The number of benzene rings is 1. The summed E-state index contributed by atoms with van der Waals surface area (Å²) >= 11 is 1.37. The van der Waals surface area contributed by atoms with Gasteiger partial charge < -0.3 is 10.6 Å². The summed E-state index contributed by atoms with van der Waals surface area (Å²) in [4.78, 5) is 24.0. The van der Waals surface area contributed by atoms with Gasteiger partial charge in [0.1, 0.15) is 5.01 Å². The second kappa shape index (κ2) is 8.71. The molecular formula is C18H24N4O2S. The van der Waals surface area contributed by atoms with Gasteiger partial charge in [-0.3, -0.25) is 9.59 Å². The van der Waals surface area contributed by atoms with Crippen LogP contribution in [0.3, 0.4) is 0 Å². The number of hydrogen-bond donors (Lipinski definition) is 2. The molecule has 0 bridgehead atoms. The summed E-state index contributed by atoms with van der Waals surface area (Å²) in [5.74, 6) is 0.0752. The van der Waals surface area contributed by atoms with Crippen LogP contribution in [-0.2, 0) is 16.0 Å². The zero-order valence-electron chi connectivity index (χ0n) is 15.0. The molecule has 6 nitrogen and oxygen atoms in total. The second-order valence-electron chi connectivity index (χ2n) is 6.57. The highest BCUT2D eigenvalue weighted by atomic mass is 32.1. The third kappa shape index (κ3) is 6.62. The van der Waals surface area contributed by atoms with E-state index in [1.165, 1.54) is 11.3 Å². The molecule has 1 aromatic carbocycles. The van der Waals surface area contributed by atoms with Crippen molar-refractivity contribution in [3.63, 3.8) is 0 Å². The largest absolute Gasteiger partial charge is 0.326 e. The standard InChI is InChI=1S/C18H24N4O2S/c1-11(2)7-17-21-22-18(25-17)20-16(24)6-5-15(23)19-14-9-12(3)8-13(4)10-14/h8-11H,5-7H2,1-4H3,(H,19,23)(H,20,22,24). The molecular weight excluding hydrogens is 336 g/mol. The van der Waals surface area contributed by atoms with Crippen molar-refractivity contribution in [2.45, 2.75) is 47.0 Å². The SMILES string of the molecule is Cc1cc(C)cc(NC(=O)CCC(=O)Nc2nnc(CC(C)C)s2)c1. The van der Waals surface area contributed by atoms with Crippen molar-refractivity contribution in [2.75, 3.05) is 10.6 Å². The molecule has 2 rings (SSSR count). The van der Waals surface area contributed by atoms with E-state index in [1.807, 2.05) is 32.0 Å². The zero-order chi connectivity index (χ0) is 18.4. The molecule has 0 saturated carbocycles. The Labute approximate surface area is 152 Å². The predicted molar refractivity (Wildman–Crippen MR) is 101 cm³/mol. The van der Waals surface area contributed by atoms with Gasteiger partial charge in [-0.15, -0.1) is 10.2 Å². The zero-order valence-corrected chi connectivity index (χ0v) is 15.9. The molecule has 0 aliphatic carbocycles. The van der Waals surface area contributed by atoms with Gasteiger partial charge in [0.05, 0.1) is 0 Å². The second-order valence-corrected chi connectivity index (χ2v) is 7.63. The molecule has 0 saturated heterocycles. The number of hydrogen-bond acceptors (Lipinski definition) is 5. The van der Waals surface area contributed by atoms with E-state index in [0.717, 1.165) is 28.2 Å². The van der Waals surface area contributed by atoms with Crippen molar-refractivity contribution in [2.24, 2.45) is 5.92 Å². The maximum Gasteiger partial charge on any atom is 0.226 e. The van der Waals surface area contributed by atoms with Crippen LogP contribution in [0, 0.1) is 19.8 Å². The van der Waals surface area contributed by atoms with Gasteiger partial charge in [0.15, 0.2) is 0 Å². The molecule has 25 heavy (non-hydrogen) atoms. The fraction of sp³-hybridized carbons (Fsp3) is 0.444. The molecule has 2 N–H and O–H groups in total. The first-order chi connectivity index (χ1) is 11.8. The van der Waals surface area contributed by atoms with Crippen molar-refractivity contribution in [1.82, 2.24) is 10.2 Å². The molecule has 0 fully saturated rings. The van der Waals surface area contributed by atoms with E-state index >= 15 is 0 Å². The maximum absolute atomic E-state index is 12.0. The van der Waals surface area contributed by atoms with Gasteiger partial charge in [-0.1, -0.05) is 31.3 Å². The number of nitrogens with one attached hydrogen (secondary N) is 2. The van der Waals surface area contributed by atoms with Crippen molar-refractivity contribution >= 4 is 34.0 Å². The van der Waals surface area contributed by atoms with Crippen LogP contribution in [-0.4, -0.2) is 22.0 Å². The van der Waals surface area contributed by atoms with Gasteiger partial charge in [-0.25, -0.2) is 0 Å². The predicted octanol–water partition coefficient (Wildman–Crippen LogP) is 3.71. The van der Waals surface area contributed by atoms with Crippen LogP contribution in [0.4, 0.5) is 10.8 Å². The lowest BCUT2D eigenvalue weighted by molar-refractivity contribution is -0.121. The van der Waals surface area contributed by atoms with Crippen LogP contribution in [0.15, 0.2) is 18.2 Å². The molecule has 7 heteroatoms. The Bertz CT molecular complexity index is 735. The minimum Gasteiger partial charge on any atom is -0.326 e.